The van der Waals surface area contributed by atoms with Gasteiger partial charge >= 0.3 is 5.69 Å². The molecule has 0 aliphatic heterocycles. The number of nitrogens with two attached hydrogens (primary N) is 1. The van der Waals surface area contributed by atoms with E-state index in [9.17, 15) is 14.4 Å². The fraction of sp³-hybridized carbons (Fsp3) is 0.200. The second kappa shape index (κ2) is 6.96. The number of hydrogen-bond donors (Lipinski definition) is 1. The first-order valence-corrected chi connectivity index (χ1v) is 8.45. The average Bonchev–Trinajstić information content (AvgIpc) is 3.12. The molecule has 0 radical (unpaired) electrons. The molecule has 2 heterocycles. The van der Waals surface area contributed by atoms with Gasteiger partial charge in [0.25, 0.3) is 5.56 Å². The summed E-state index contributed by atoms with van der Waals surface area (Å²) in [4.78, 5) is 36.6. The number of hydrogen-bond acceptors (Lipinski definition) is 8. The van der Waals surface area contributed by atoms with Crippen LogP contribution >= 0.6 is 11.8 Å². The van der Waals surface area contributed by atoms with Crippen molar-refractivity contribution in [1.29, 1.82) is 0 Å². The lowest BCUT2D eigenvalue weighted by molar-refractivity contribution is 0.102. The Labute approximate surface area is 151 Å². The SMILES string of the molecule is Cn1c(N)c(C(=O)CSc2nnnn2-c2ccccc2)c(=O)n(C)c1=O. The number of para-hydroxylation sites is 1. The van der Waals surface area contributed by atoms with Crippen LogP contribution in [-0.2, 0) is 14.1 Å². The Hall–Kier alpha value is -3.21. The molecule has 0 bridgehead atoms. The molecule has 0 spiro atoms. The van der Waals surface area contributed by atoms with Crippen molar-refractivity contribution in [3.05, 3.63) is 56.7 Å². The lowest BCUT2D eigenvalue weighted by Crippen LogP contribution is -2.41. The summed E-state index contributed by atoms with van der Waals surface area (Å²) in [5.74, 6) is -0.775. The van der Waals surface area contributed by atoms with Crippen LogP contribution in [0.1, 0.15) is 10.4 Å². The van der Waals surface area contributed by atoms with Crippen molar-refractivity contribution < 1.29 is 4.79 Å². The lowest BCUT2D eigenvalue weighted by Gasteiger charge is -2.10. The number of tetrazole rings is 1. The Bertz CT molecular complexity index is 1080. The fourth-order valence-electron chi connectivity index (χ4n) is 2.32. The second-order valence-electron chi connectivity index (χ2n) is 5.39. The lowest BCUT2D eigenvalue weighted by atomic mass is 10.2. The molecule has 11 heteroatoms. The number of anilines is 1. The van der Waals surface area contributed by atoms with E-state index in [2.05, 4.69) is 15.5 Å². The summed E-state index contributed by atoms with van der Waals surface area (Å²) in [5.41, 5.74) is 5.00. The van der Waals surface area contributed by atoms with Crippen LogP contribution in [0.3, 0.4) is 0 Å². The van der Waals surface area contributed by atoms with Gasteiger partial charge in [0, 0.05) is 14.1 Å². The van der Waals surface area contributed by atoms with Crippen molar-refractivity contribution in [2.75, 3.05) is 11.5 Å². The highest BCUT2D eigenvalue weighted by atomic mass is 32.2. The van der Waals surface area contributed by atoms with E-state index in [0.29, 0.717) is 5.16 Å². The van der Waals surface area contributed by atoms with Gasteiger partial charge in [-0.2, -0.15) is 4.68 Å². The summed E-state index contributed by atoms with van der Waals surface area (Å²) < 4.78 is 3.40. The summed E-state index contributed by atoms with van der Waals surface area (Å²) in [7, 11) is 2.70. The zero-order valence-electron chi connectivity index (χ0n) is 14.0. The molecular formula is C15H15N7O3S. The summed E-state index contributed by atoms with van der Waals surface area (Å²) in [6.07, 6.45) is 0. The van der Waals surface area contributed by atoms with Gasteiger partial charge in [-0.15, -0.1) is 5.10 Å². The van der Waals surface area contributed by atoms with Crippen LogP contribution in [0.5, 0.6) is 0 Å². The largest absolute Gasteiger partial charge is 0.384 e. The molecule has 0 unspecified atom stereocenters. The second-order valence-corrected chi connectivity index (χ2v) is 6.33. The number of thioether (sulfide) groups is 1. The zero-order valence-corrected chi connectivity index (χ0v) is 14.8. The van der Waals surface area contributed by atoms with E-state index in [1.807, 2.05) is 30.3 Å². The van der Waals surface area contributed by atoms with Crippen molar-refractivity contribution in [3.63, 3.8) is 0 Å². The van der Waals surface area contributed by atoms with Gasteiger partial charge < -0.3 is 5.73 Å². The zero-order chi connectivity index (χ0) is 18.8. The molecule has 2 aromatic heterocycles. The minimum Gasteiger partial charge on any atom is -0.384 e. The standard InChI is InChI=1S/C15H15N7O3S/c1-20-12(16)11(13(24)21(2)15(20)25)10(23)8-26-14-17-18-19-22(14)9-6-4-3-5-7-9/h3-7H,8,16H2,1-2H3. The number of benzene rings is 1. The molecule has 0 atom stereocenters. The average molecular weight is 373 g/mol. The number of nitrogen functional groups attached to an aromatic ring is 1. The maximum absolute atomic E-state index is 12.5. The van der Waals surface area contributed by atoms with Crippen molar-refractivity contribution >= 4 is 23.4 Å². The highest BCUT2D eigenvalue weighted by molar-refractivity contribution is 7.99. The van der Waals surface area contributed by atoms with Crippen molar-refractivity contribution in [1.82, 2.24) is 29.3 Å². The summed E-state index contributed by atoms with van der Waals surface area (Å²) in [6, 6.07) is 9.19. The molecule has 134 valence electrons. The highest BCUT2D eigenvalue weighted by Gasteiger charge is 2.21. The monoisotopic (exact) mass is 373 g/mol. The number of carbonyl (C=O) groups is 1. The minimum absolute atomic E-state index is 0.106. The predicted octanol–water partition coefficient (Wildman–Crippen LogP) is -0.383. The van der Waals surface area contributed by atoms with Crippen molar-refractivity contribution in [3.8, 4) is 5.69 Å². The topological polar surface area (TPSA) is 131 Å². The summed E-state index contributed by atoms with van der Waals surface area (Å²) >= 11 is 1.07. The van der Waals surface area contributed by atoms with Crippen LogP contribution < -0.4 is 17.0 Å². The van der Waals surface area contributed by atoms with Crippen molar-refractivity contribution in [2.24, 2.45) is 14.1 Å². The number of aromatic nitrogens is 6. The quantitative estimate of drug-likeness (QED) is 0.473. The first-order chi connectivity index (χ1) is 12.4. The smallest absolute Gasteiger partial charge is 0.332 e. The molecule has 26 heavy (non-hydrogen) atoms. The van der Waals surface area contributed by atoms with E-state index in [4.69, 9.17) is 5.73 Å². The molecule has 3 rings (SSSR count). The van der Waals surface area contributed by atoms with E-state index >= 15 is 0 Å². The number of nitrogens with zero attached hydrogens (tertiary/aromatic N) is 6. The van der Waals surface area contributed by atoms with E-state index in [-0.39, 0.29) is 17.1 Å². The molecule has 0 saturated heterocycles. The third-order valence-electron chi connectivity index (χ3n) is 3.76. The van der Waals surface area contributed by atoms with E-state index in [1.165, 1.54) is 18.8 Å². The molecule has 1 aromatic carbocycles. The number of rotatable bonds is 5. The highest BCUT2D eigenvalue weighted by Crippen LogP contribution is 2.19. The van der Waals surface area contributed by atoms with Crippen LogP contribution in [0.15, 0.2) is 45.1 Å². The molecule has 10 nitrogen and oxygen atoms in total. The molecular weight excluding hydrogens is 358 g/mol. The van der Waals surface area contributed by atoms with E-state index in [1.54, 1.807) is 0 Å². The van der Waals surface area contributed by atoms with Crippen LogP contribution in [0.2, 0.25) is 0 Å². The minimum atomic E-state index is -0.723. The Morgan fingerprint density at radius 2 is 1.85 bits per heavy atom. The molecule has 0 amide bonds. The molecule has 0 aliphatic rings. The molecule has 0 saturated carbocycles. The van der Waals surface area contributed by atoms with E-state index in [0.717, 1.165) is 26.6 Å². The van der Waals surface area contributed by atoms with Crippen molar-refractivity contribution in [2.45, 2.75) is 5.16 Å². The molecule has 3 aromatic rings. The van der Waals surface area contributed by atoms with Gasteiger partial charge in [0.15, 0.2) is 5.78 Å². The van der Waals surface area contributed by atoms with Crippen LogP contribution in [0, 0.1) is 0 Å². The number of ketones is 1. The molecule has 2 N–H and O–H groups in total. The number of Topliss-reactive ketones (excluding diaryl/α,β-unsaturated/α-hetero) is 1. The first-order valence-electron chi connectivity index (χ1n) is 7.47. The maximum Gasteiger partial charge on any atom is 0.332 e. The fourth-order valence-corrected chi connectivity index (χ4v) is 3.09. The molecule has 0 fully saturated rings. The molecule has 0 aliphatic carbocycles. The Balaban J connectivity index is 1.87. The van der Waals surface area contributed by atoms with Crippen LogP contribution in [0.25, 0.3) is 5.69 Å². The summed E-state index contributed by atoms with van der Waals surface area (Å²) in [5, 5.41) is 11.8. The van der Waals surface area contributed by atoms with Gasteiger partial charge in [-0.3, -0.25) is 18.7 Å². The van der Waals surface area contributed by atoms with Gasteiger partial charge in [0.1, 0.15) is 11.4 Å². The predicted molar refractivity (Wildman–Crippen MR) is 95.5 cm³/mol. The normalized spacial score (nSPS) is 10.8. The number of carbonyl (C=O) groups excluding carboxylic acids is 1. The third-order valence-corrected chi connectivity index (χ3v) is 4.68. The Morgan fingerprint density at radius 3 is 2.54 bits per heavy atom. The maximum atomic E-state index is 12.5. The Kier molecular flexibility index (Phi) is 4.71. The van der Waals surface area contributed by atoms with Gasteiger partial charge in [-0.05, 0) is 22.6 Å². The van der Waals surface area contributed by atoms with Gasteiger partial charge in [0.05, 0.1) is 11.4 Å². The van der Waals surface area contributed by atoms with E-state index < -0.39 is 17.0 Å². The van der Waals surface area contributed by atoms with Crippen LogP contribution in [0.4, 0.5) is 5.82 Å². The van der Waals surface area contributed by atoms with Crippen LogP contribution in [-0.4, -0.2) is 40.9 Å². The third kappa shape index (κ3) is 3.04. The first kappa shape index (κ1) is 17.6. The Morgan fingerprint density at radius 1 is 1.15 bits per heavy atom. The van der Waals surface area contributed by atoms with Gasteiger partial charge in [0.2, 0.25) is 5.16 Å². The van der Waals surface area contributed by atoms with Gasteiger partial charge in [-0.1, -0.05) is 30.0 Å². The van der Waals surface area contributed by atoms with Gasteiger partial charge in [-0.25, -0.2) is 4.79 Å². The summed E-state index contributed by atoms with van der Waals surface area (Å²) in [6.45, 7) is 0.